The topological polar surface area (TPSA) is 38.3 Å². The lowest BCUT2D eigenvalue weighted by atomic mass is 10.0. The minimum atomic E-state index is -0.541. The Kier molecular flexibility index (Phi) is 4.93. The van der Waals surface area contributed by atoms with Gasteiger partial charge in [-0.25, -0.2) is 4.39 Å². The summed E-state index contributed by atoms with van der Waals surface area (Å²) in [5.74, 6) is -0.511. The maximum absolute atomic E-state index is 13.6. The molecule has 2 aromatic rings. The number of ether oxygens (including phenoxy) is 1. The summed E-state index contributed by atoms with van der Waals surface area (Å²) in [6.45, 7) is 2.53. The van der Waals surface area contributed by atoms with Crippen LogP contribution in [0.1, 0.15) is 28.8 Å². The van der Waals surface area contributed by atoms with E-state index in [4.69, 9.17) is 4.74 Å². The first-order chi connectivity index (χ1) is 10.1. The number of methoxy groups -OCH3 is 1. The van der Waals surface area contributed by atoms with E-state index in [0.29, 0.717) is 6.54 Å². The van der Waals surface area contributed by atoms with Crippen LogP contribution < -0.4 is 10.1 Å². The smallest absolute Gasteiger partial charge is 0.251 e. The Labute approximate surface area is 123 Å². The largest absolute Gasteiger partial charge is 0.494 e. The first-order valence-corrected chi connectivity index (χ1v) is 6.78. The van der Waals surface area contributed by atoms with Crippen LogP contribution in [0.2, 0.25) is 0 Å². The number of carbonyl (C=O) groups is 1. The van der Waals surface area contributed by atoms with Gasteiger partial charge in [0.15, 0.2) is 11.6 Å². The van der Waals surface area contributed by atoms with E-state index in [2.05, 4.69) is 5.32 Å². The zero-order valence-electron chi connectivity index (χ0n) is 12.1. The maximum Gasteiger partial charge on any atom is 0.251 e. The molecule has 0 aliphatic rings. The van der Waals surface area contributed by atoms with Gasteiger partial charge in [0.2, 0.25) is 0 Å². The molecule has 0 saturated heterocycles. The van der Waals surface area contributed by atoms with Crippen LogP contribution in [0.3, 0.4) is 0 Å². The van der Waals surface area contributed by atoms with E-state index in [0.717, 1.165) is 5.56 Å². The molecule has 1 N–H and O–H groups in total. The van der Waals surface area contributed by atoms with Crippen LogP contribution in [0, 0.1) is 5.82 Å². The molecule has 0 saturated carbocycles. The molecule has 2 rings (SSSR count). The lowest BCUT2D eigenvalue weighted by Crippen LogP contribution is -2.27. The highest BCUT2D eigenvalue weighted by Crippen LogP contribution is 2.18. The molecule has 21 heavy (non-hydrogen) atoms. The molecular formula is C17H18FNO2. The monoisotopic (exact) mass is 287 g/mol. The summed E-state index contributed by atoms with van der Waals surface area (Å²) in [4.78, 5) is 12.0. The first kappa shape index (κ1) is 15.0. The molecule has 0 unspecified atom stereocenters. The molecule has 0 aliphatic carbocycles. The fraction of sp³-hybridized carbons (Fsp3) is 0.235. The third-order valence-corrected chi connectivity index (χ3v) is 3.35. The zero-order chi connectivity index (χ0) is 15.2. The Bertz CT molecular complexity index is 613. The van der Waals surface area contributed by atoms with Crippen LogP contribution in [0.5, 0.6) is 5.75 Å². The summed E-state index contributed by atoms with van der Waals surface area (Å²) in [7, 11) is 1.39. The normalized spacial score (nSPS) is 11.8. The van der Waals surface area contributed by atoms with Gasteiger partial charge in [0.25, 0.3) is 5.91 Å². The second-order valence-corrected chi connectivity index (χ2v) is 4.87. The van der Waals surface area contributed by atoms with E-state index in [9.17, 15) is 9.18 Å². The third kappa shape index (κ3) is 3.81. The van der Waals surface area contributed by atoms with Gasteiger partial charge in [0.05, 0.1) is 7.11 Å². The van der Waals surface area contributed by atoms with Crippen LogP contribution >= 0.6 is 0 Å². The Morgan fingerprint density at radius 2 is 1.95 bits per heavy atom. The van der Waals surface area contributed by atoms with Gasteiger partial charge in [-0.3, -0.25) is 4.79 Å². The molecule has 110 valence electrons. The van der Waals surface area contributed by atoms with Crippen molar-refractivity contribution in [3.05, 3.63) is 65.5 Å². The highest BCUT2D eigenvalue weighted by atomic mass is 19.1. The highest BCUT2D eigenvalue weighted by molar-refractivity contribution is 5.94. The van der Waals surface area contributed by atoms with E-state index < -0.39 is 5.82 Å². The van der Waals surface area contributed by atoms with Crippen molar-refractivity contribution in [1.82, 2.24) is 5.32 Å². The van der Waals surface area contributed by atoms with Gasteiger partial charge in [-0.1, -0.05) is 37.3 Å². The Morgan fingerprint density at radius 3 is 2.57 bits per heavy atom. The standard InChI is InChI=1S/C17H18FNO2/c1-12(13-6-4-3-5-7-13)11-19-17(20)14-8-9-16(21-2)15(18)10-14/h3-10,12H,11H2,1-2H3,(H,19,20)/t12-/m1/s1. The lowest BCUT2D eigenvalue weighted by molar-refractivity contribution is 0.0951. The molecule has 1 amide bonds. The Morgan fingerprint density at radius 1 is 1.24 bits per heavy atom. The van der Waals surface area contributed by atoms with E-state index >= 15 is 0 Å². The third-order valence-electron chi connectivity index (χ3n) is 3.35. The van der Waals surface area contributed by atoms with Gasteiger partial charge in [-0.15, -0.1) is 0 Å². The Hall–Kier alpha value is -2.36. The molecule has 0 aliphatic heterocycles. The van der Waals surface area contributed by atoms with E-state index in [-0.39, 0.29) is 23.1 Å². The minimum Gasteiger partial charge on any atom is -0.494 e. The first-order valence-electron chi connectivity index (χ1n) is 6.78. The molecule has 2 aromatic carbocycles. The summed E-state index contributed by atoms with van der Waals surface area (Å²) >= 11 is 0. The molecule has 4 heteroatoms. The van der Waals surface area contributed by atoms with Crippen LogP contribution in [0.4, 0.5) is 4.39 Å². The van der Waals surface area contributed by atoms with Crippen molar-refractivity contribution in [1.29, 1.82) is 0 Å². The zero-order valence-corrected chi connectivity index (χ0v) is 12.1. The van der Waals surface area contributed by atoms with Crippen molar-refractivity contribution in [3.8, 4) is 5.75 Å². The predicted molar refractivity (Wildman–Crippen MR) is 80.1 cm³/mol. The quantitative estimate of drug-likeness (QED) is 0.915. The average molecular weight is 287 g/mol. The summed E-state index contributed by atoms with van der Waals surface area (Å²) in [6, 6.07) is 14.1. The number of benzene rings is 2. The van der Waals surface area contributed by atoms with E-state index in [1.807, 2.05) is 37.3 Å². The van der Waals surface area contributed by atoms with Crippen molar-refractivity contribution < 1.29 is 13.9 Å². The molecule has 1 atom stereocenters. The number of nitrogens with one attached hydrogen (secondary N) is 1. The molecule has 0 aromatic heterocycles. The summed E-state index contributed by atoms with van der Waals surface area (Å²) in [5, 5.41) is 2.82. The van der Waals surface area contributed by atoms with Crippen LogP contribution in [0.25, 0.3) is 0 Å². The van der Waals surface area contributed by atoms with E-state index in [1.165, 1.54) is 19.2 Å². The number of carbonyl (C=O) groups excluding carboxylic acids is 1. The number of hydrogen-bond donors (Lipinski definition) is 1. The van der Waals surface area contributed by atoms with Gasteiger partial charge in [0.1, 0.15) is 0 Å². The van der Waals surface area contributed by atoms with Crippen molar-refractivity contribution in [2.45, 2.75) is 12.8 Å². The lowest BCUT2D eigenvalue weighted by Gasteiger charge is -2.13. The minimum absolute atomic E-state index is 0.129. The number of halogens is 1. The average Bonchev–Trinajstić information content (AvgIpc) is 2.53. The van der Waals surface area contributed by atoms with Gasteiger partial charge in [-0.2, -0.15) is 0 Å². The molecular weight excluding hydrogens is 269 g/mol. The Balaban J connectivity index is 1.97. The van der Waals surface area contributed by atoms with Crippen molar-refractivity contribution in [2.75, 3.05) is 13.7 Å². The number of amides is 1. The van der Waals surface area contributed by atoms with Crippen LogP contribution in [-0.4, -0.2) is 19.6 Å². The summed E-state index contributed by atoms with van der Waals surface area (Å²) < 4.78 is 18.4. The van der Waals surface area contributed by atoms with Gasteiger partial charge in [-0.05, 0) is 29.7 Å². The van der Waals surface area contributed by atoms with Gasteiger partial charge < -0.3 is 10.1 Å². The van der Waals surface area contributed by atoms with Gasteiger partial charge in [0, 0.05) is 12.1 Å². The molecule has 0 radical (unpaired) electrons. The van der Waals surface area contributed by atoms with Gasteiger partial charge >= 0.3 is 0 Å². The second kappa shape index (κ2) is 6.88. The number of hydrogen-bond acceptors (Lipinski definition) is 2. The fourth-order valence-corrected chi connectivity index (χ4v) is 2.05. The van der Waals surface area contributed by atoms with Crippen molar-refractivity contribution >= 4 is 5.91 Å². The van der Waals surface area contributed by atoms with Crippen molar-refractivity contribution in [3.63, 3.8) is 0 Å². The molecule has 0 spiro atoms. The number of rotatable bonds is 5. The predicted octanol–water partition coefficient (Wildman–Crippen LogP) is 3.37. The van der Waals surface area contributed by atoms with Crippen LogP contribution in [-0.2, 0) is 0 Å². The maximum atomic E-state index is 13.6. The molecule has 0 fully saturated rings. The summed E-state index contributed by atoms with van der Waals surface area (Å²) in [6.07, 6.45) is 0. The SMILES string of the molecule is COc1ccc(C(=O)NC[C@@H](C)c2ccccc2)cc1F. The highest BCUT2D eigenvalue weighted by Gasteiger charge is 2.11. The summed E-state index contributed by atoms with van der Waals surface area (Å²) in [5.41, 5.74) is 1.44. The molecule has 3 nitrogen and oxygen atoms in total. The van der Waals surface area contributed by atoms with Crippen molar-refractivity contribution in [2.24, 2.45) is 0 Å². The molecule has 0 bridgehead atoms. The fourth-order valence-electron chi connectivity index (χ4n) is 2.05. The molecule has 0 heterocycles. The second-order valence-electron chi connectivity index (χ2n) is 4.87. The van der Waals surface area contributed by atoms with E-state index in [1.54, 1.807) is 6.07 Å². The van der Waals surface area contributed by atoms with Crippen LogP contribution in [0.15, 0.2) is 48.5 Å².